The summed E-state index contributed by atoms with van der Waals surface area (Å²) in [6.45, 7) is 0. The van der Waals surface area contributed by atoms with E-state index in [0.717, 1.165) is 53.6 Å². The van der Waals surface area contributed by atoms with Gasteiger partial charge in [0.1, 0.15) is 0 Å². The molecule has 8 heteroatoms. The fraction of sp³-hybridized carbons (Fsp3) is 0. The fourth-order valence-electron chi connectivity index (χ4n) is 7.30. The Hall–Kier alpha value is -7.00. The molecule has 262 valence electrons. The van der Waals surface area contributed by atoms with Gasteiger partial charge in [-0.3, -0.25) is 0 Å². The zero-order valence-corrected chi connectivity index (χ0v) is 31.3. The van der Waals surface area contributed by atoms with Crippen molar-refractivity contribution in [3.05, 3.63) is 170 Å². The molecule has 0 radical (unpaired) electrons. The van der Waals surface area contributed by atoms with Crippen molar-refractivity contribution >= 4 is 63.0 Å². The van der Waals surface area contributed by atoms with Gasteiger partial charge in [0.25, 0.3) is 0 Å². The number of hydrogen-bond donors (Lipinski definition) is 0. The van der Waals surface area contributed by atoms with Gasteiger partial charge in [-0.25, -0.2) is 29.9 Å². The third-order valence-corrected chi connectivity index (χ3v) is 12.3. The predicted octanol–water partition coefficient (Wildman–Crippen LogP) is 12.8. The molecule has 0 saturated carbocycles. The molecular weight excluding hydrogens is 725 g/mol. The molecule has 0 fully saturated rings. The summed E-state index contributed by atoms with van der Waals surface area (Å²) >= 11 is 3.56. The minimum Gasteiger partial charge on any atom is -0.208 e. The van der Waals surface area contributed by atoms with Crippen molar-refractivity contribution in [3.8, 4) is 68.3 Å². The molecule has 0 atom stereocenters. The standard InChI is InChI=1S/C48H28N6S2/c1-4-13-29(14-5-1)43-49-44(30-15-6-2-7-16-30)51-46(50-43)33-24-26-40-37(28-33)42-35(20-12-22-41(42)56-40)48-53-45(31-17-8-3-9-18-31)52-47(54-48)32-23-25-39-36(27-32)34-19-10-11-21-38(34)55-39/h1-28H. The molecule has 11 rings (SSSR count). The van der Waals surface area contributed by atoms with Gasteiger partial charge in [0.15, 0.2) is 34.9 Å². The van der Waals surface area contributed by atoms with Crippen molar-refractivity contribution in [3.63, 3.8) is 0 Å². The smallest absolute Gasteiger partial charge is 0.164 e. The summed E-state index contributed by atoms with van der Waals surface area (Å²) in [4.78, 5) is 30.4. The number of benzene rings is 7. The molecule has 0 bridgehead atoms. The van der Waals surface area contributed by atoms with Gasteiger partial charge in [-0.05, 0) is 48.5 Å². The molecule has 4 aromatic heterocycles. The molecule has 0 spiro atoms. The Morgan fingerprint density at radius 2 is 0.679 bits per heavy atom. The number of hydrogen-bond acceptors (Lipinski definition) is 8. The van der Waals surface area contributed by atoms with Gasteiger partial charge < -0.3 is 0 Å². The molecule has 56 heavy (non-hydrogen) atoms. The van der Waals surface area contributed by atoms with Crippen LogP contribution in [0, 0.1) is 0 Å². The SMILES string of the molecule is c1ccc(-c2nc(-c3ccccc3)nc(-c3ccc4sc5cccc(-c6nc(-c7ccccc7)nc(-c7ccc8sc9ccccc9c8c7)n6)c5c4c3)n2)cc1. The van der Waals surface area contributed by atoms with Crippen molar-refractivity contribution in [1.82, 2.24) is 29.9 Å². The van der Waals surface area contributed by atoms with E-state index in [1.165, 1.54) is 20.2 Å². The van der Waals surface area contributed by atoms with Gasteiger partial charge >= 0.3 is 0 Å². The number of thiophene rings is 2. The highest BCUT2D eigenvalue weighted by molar-refractivity contribution is 7.26. The molecule has 0 saturated heterocycles. The van der Waals surface area contributed by atoms with Crippen molar-refractivity contribution in [1.29, 1.82) is 0 Å². The van der Waals surface area contributed by atoms with Crippen molar-refractivity contribution in [2.75, 3.05) is 0 Å². The average Bonchev–Trinajstić information content (AvgIpc) is 3.85. The second kappa shape index (κ2) is 13.4. The number of fused-ring (bicyclic) bond motifs is 6. The lowest BCUT2D eigenvalue weighted by atomic mass is 10.0. The lowest BCUT2D eigenvalue weighted by Crippen LogP contribution is -2.00. The van der Waals surface area contributed by atoms with E-state index in [1.54, 1.807) is 22.7 Å². The molecule has 11 aromatic rings. The van der Waals surface area contributed by atoms with Crippen LogP contribution in [-0.2, 0) is 0 Å². The maximum absolute atomic E-state index is 5.23. The molecule has 4 heterocycles. The van der Waals surface area contributed by atoms with E-state index < -0.39 is 0 Å². The topological polar surface area (TPSA) is 77.3 Å². The molecule has 6 nitrogen and oxygen atoms in total. The van der Waals surface area contributed by atoms with Crippen LogP contribution in [0.5, 0.6) is 0 Å². The van der Waals surface area contributed by atoms with E-state index >= 15 is 0 Å². The van der Waals surface area contributed by atoms with Crippen LogP contribution in [0.15, 0.2) is 170 Å². The number of nitrogens with zero attached hydrogens (tertiary/aromatic N) is 6. The maximum Gasteiger partial charge on any atom is 0.164 e. The molecule has 0 aliphatic rings. The first-order valence-corrected chi connectivity index (χ1v) is 19.9. The molecule has 7 aromatic carbocycles. The quantitative estimate of drug-likeness (QED) is 0.168. The van der Waals surface area contributed by atoms with E-state index in [-0.39, 0.29) is 0 Å². The summed E-state index contributed by atoms with van der Waals surface area (Å²) in [5.41, 5.74) is 5.60. The Balaban J connectivity index is 1.10. The Kier molecular flexibility index (Phi) is 7.75. The van der Waals surface area contributed by atoms with Crippen molar-refractivity contribution < 1.29 is 0 Å². The van der Waals surface area contributed by atoms with E-state index in [4.69, 9.17) is 29.9 Å². The van der Waals surface area contributed by atoms with Crippen LogP contribution in [0.3, 0.4) is 0 Å². The van der Waals surface area contributed by atoms with Gasteiger partial charge in [0, 0.05) is 73.7 Å². The monoisotopic (exact) mass is 752 g/mol. The highest BCUT2D eigenvalue weighted by Crippen LogP contribution is 2.42. The van der Waals surface area contributed by atoms with Crippen molar-refractivity contribution in [2.24, 2.45) is 0 Å². The third-order valence-electron chi connectivity index (χ3n) is 10.00. The summed E-state index contributed by atoms with van der Waals surface area (Å²) in [6, 6.07) is 58.2. The zero-order valence-electron chi connectivity index (χ0n) is 29.7. The average molecular weight is 753 g/mol. The van der Waals surface area contributed by atoms with Crippen LogP contribution in [0.25, 0.3) is 109 Å². The molecule has 0 amide bonds. The van der Waals surface area contributed by atoms with E-state index in [0.29, 0.717) is 34.9 Å². The predicted molar refractivity (Wildman–Crippen MR) is 232 cm³/mol. The fourth-order valence-corrected chi connectivity index (χ4v) is 9.50. The Bertz CT molecular complexity index is 3190. The summed E-state index contributed by atoms with van der Waals surface area (Å²) in [7, 11) is 0. The van der Waals surface area contributed by atoms with Gasteiger partial charge in [-0.1, -0.05) is 121 Å². The first kappa shape index (κ1) is 32.4. The van der Waals surface area contributed by atoms with Crippen LogP contribution in [-0.4, -0.2) is 29.9 Å². The largest absolute Gasteiger partial charge is 0.208 e. The van der Waals surface area contributed by atoms with Crippen LogP contribution in [0.4, 0.5) is 0 Å². The van der Waals surface area contributed by atoms with Crippen LogP contribution >= 0.6 is 22.7 Å². The minimum absolute atomic E-state index is 0.613. The summed E-state index contributed by atoms with van der Waals surface area (Å²) < 4.78 is 4.81. The van der Waals surface area contributed by atoms with Crippen LogP contribution in [0.1, 0.15) is 0 Å². The minimum atomic E-state index is 0.613. The Morgan fingerprint density at radius 3 is 1.25 bits per heavy atom. The first-order chi connectivity index (χ1) is 27.7. The van der Waals surface area contributed by atoms with Gasteiger partial charge in [0.05, 0.1) is 0 Å². The van der Waals surface area contributed by atoms with E-state index in [1.807, 2.05) is 91.0 Å². The first-order valence-electron chi connectivity index (χ1n) is 18.3. The molecule has 0 N–H and O–H groups in total. The van der Waals surface area contributed by atoms with Crippen LogP contribution in [0.2, 0.25) is 0 Å². The second-order valence-electron chi connectivity index (χ2n) is 13.5. The lowest BCUT2D eigenvalue weighted by Gasteiger charge is -2.10. The third kappa shape index (κ3) is 5.71. The second-order valence-corrected chi connectivity index (χ2v) is 15.7. The van der Waals surface area contributed by atoms with E-state index in [2.05, 4.69) is 78.9 Å². The Morgan fingerprint density at radius 1 is 0.268 bits per heavy atom. The number of rotatable bonds is 6. The van der Waals surface area contributed by atoms with Gasteiger partial charge in [-0.2, -0.15) is 0 Å². The van der Waals surface area contributed by atoms with Crippen molar-refractivity contribution in [2.45, 2.75) is 0 Å². The van der Waals surface area contributed by atoms with E-state index in [9.17, 15) is 0 Å². The maximum atomic E-state index is 5.23. The Labute approximate surface area is 329 Å². The molecule has 0 aliphatic heterocycles. The van der Waals surface area contributed by atoms with Crippen LogP contribution < -0.4 is 0 Å². The van der Waals surface area contributed by atoms with Gasteiger partial charge in [0.2, 0.25) is 0 Å². The molecule has 0 aliphatic carbocycles. The summed E-state index contributed by atoms with van der Waals surface area (Å²) in [5.74, 6) is 3.76. The molecular formula is C48H28N6S2. The highest BCUT2D eigenvalue weighted by atomic mass is 32.1. The molecule has 0 unspecified atom stereocenters. The summed E-state index contributed by atoms with van der Waals surface area (Å²) in [5, 5.41) is 4.62. The normalized spacial score (nSPS) is 11.6. The lowest BCUT2D eigenvalue weighted by molar-refractivity contribution is 1.07. The highest BCUT2D eigenvalue weighted by Gasteiger charge is 2.19. The summed E-state index contributed by atoms with van der Waals surface area (Å²) in [6.07, 6.45) is 0. The van der Waals surface area contributed by atoms with Gasteiger partial charge in [-0.15, -0.1) is 22.7 Å². The zero-order chi connectivity index (χ0) is 37.0. The number of aromatic nitrogens is 6.